The van der Waals surface area contributed by atoms with Crippen molar-refractivity contribution in [3.63, 3.8) is 0 Å². The normalized spacial score (nSPS) is 19.5. The molecule has 5 nitrogen and oxygen atoms in total. The third-order valence-electron chi connectivity index (χ3n) is 6.45. The highest BCUT2D eigenvalue weighted by atomic mass is 35.5. The van der Waals surface area contributed by atoms with Gasteiger partial charge in [-0.1, -0.05) is 29.8 Å². The molecule has 30 heavy (non-hydrogen) atoms. The van der Waals surface area contributed by atoms with Gasteiger partial charge in [-0.2, -0.15) is 0 Å². The molecular formula is C24H28ClN3O2. The molecule has 6 heteroatoms. The Balaban J connectivity index is 1.39. The number of rotatable bonds is 3. The van der Waals surface area contributed by atoms with E-state index in [4.69, 9.17) is 11.6 Å². The van der Waals surface area contributed by atoms with Crippen molar-refractivity contribution in [1.82, 2.24) is 4.90 Å². The average molecular weight is 426 g/mol. The fourth-order valence-electron chi connectivity index (χ4n) is 4.38. The van der Waals surface area contributed by atoms with Crippen LogP contribution < -0.4 is 9.80 Å². The minimum Gasteiger partial charge on any atom is -0.368 e. The quantitative estimate of drug-likeness (QED) is 0.747. The van der Waals surface area contributed by atoms with Crippen molar-refractivity contribution in [2.75, 3.05) is 42.5 Å². The smallest absolute Gasteiger partial charge is 0.228 e. The van der Waals surface area contributed by atoms with Gasteiger partial charge in [0.2, 0.25) is 11.8 Å². The predicted molar refractivity (Wildman–Crippen MR) is 121 cm³/mol. The Hall–Kier alpha value is -2.53. The Morgan fingerprint density at radius 2 is 1.73 bits per heavy atom. The lowest BCUT2D eigenvalue weighted by Gasteiger charge is -2.38. The lowest BCUT2D eigenvalue weighted by atomic mass is 10.1. The summed E-state index contributed by atoms with van der Waals surface area (Å²) in [7, 11) is 0. The number of aryl methyl sites for hydroxylation is 2. The van der Waals surface area contributed by atoms with E-state index >= 15 is 0 Å². The Morgan fingerprint density at radius 3 is 2.43 bits per heavy atom. The van der Waals surface area contributed by atoms with Gasteiger partial charge >= 0.3 is 0 Å². The summed E-state index contributed by atoms with van der Waals surface area (Å²) >= 11 is 6.23. The first kappa shape index (κ1) is 20.7. The van der Waals surface area contributed by atoms with Gasteiger partial charge in [0.05, 0.1) is 5.92 Å². The topological polar surface area (TPSA) is 43.9 Å². The van der Waals surface area contributed by atoms with Crippen LogP contribution in [0.5, 0.6) is 0 Å². The van der Waals surface area contributed by atoms with Crippen LogP contribution in [0.25, 0.3) is 0 Å². The molecule has 0 aromatic heterocycles. The second kappa shape index (κ2) is 8.31. The van der Waals surface area contributed by atoms with Crippen molar-refractivity contribution in [3.8, 4) is 0 Å². The molecule has 0 spiro atoms. The maximum absolute atomic E-state index is 13.1. The van der Waals surface area contributed by atoms with E-state index in [9.17, 15) is 9.59 Å². The number of carbonyl (C=O) groups excluding carboxylic acids is 2. The monoisotopic (exact) mass is 425 g/mol. The number of amides is 2. The zero-order valence-electron chi connectivity index (χ0n) is 17.8. The van der Waals surface area contributed by atoms with Crippen molar-refractivity contribution in [2.45, 2.75) is 27.2 Å². The molecule has 2 aromatic rings. The van der Waals surface area contributed by atoms with Gasteiger partial charge in [-0.05, 0) is 55.7 Å². The van der Waals surface area contributed by atoms with E-state index in [0.29, 0.717) is 24.7 Å². The zero-order chi connectivity index (χ0) is 21.4. The van der Waals surface area contributed by atoms with Crippen molar-refractivity contribution < 1.29 is 9.59 Å². The van der Waals surface area contributed by atoms with Crippen LogP contribution in [0.2, 0.25) is 5.02 Å². The number of anilines is 2. The van der Waals surface area contributed by atoms with E-state index in [1.807, 2.05) is 30.0 Å². The summed E-state index contributed by atoms with van der Waals surface area (Å²) < 4.78 is 0. The maximum Gasteiger partial charge on any atom is 0.228 e. The fourth-order valence-corrected chi connectivity index (χ4v) is 4.55. The standard InChI is InChI=1S/C24H28ClN3O2/c1-16-5-4-6-22(18(16)3)26-9-11-27(12-10-26)24(30)19-13-23(29)28(15-19)20-8-7-17(2)21(25)14-20/h4-8,14,19H,9-13,15H2,1-3H3/t19-/m0/s1. The van der Waals surface area contributed by atoms with E-state index in [1.165, 1.54) is 16.8 Å². The molecule has 0 N–H and O–H groups in total. The number of hydrogen-bond acceptors (Lipinski definition) is 3. The number of halogens is 1. The molecule has 2 amide bonds. The molecule has 2 heterocycles. The number of nitrogens with zero attached hydrogens (tertiary/aromatic N) is 3. The van der Waals surface area contributed by atoms with Crippen LogP contribution in [0.4, 0.5) is 11.4 Å². The summed E-state index contributed by atoms with van der Waals surface area (Å²) in [6.07, 6.45) is 0.265. The first-order valence-corrected chi connectivity index (χ1v) is 10.9. The van der Waals surface area contributed by atoms with Crippen LogP contribution in [0, 0.1) is 26.7 Å². The van der Waals surface area contributed by atoms with Gasteiger partial charge in [-0.3, -0.25) is 9.59 Å². The molecule has 0 aliphatic carbocycles. The molecule has 4 rings (SSSR count). The number of carbonyl (C=O) groups is 2. The Bertz CT molecular complexity index is 982. The Morgan fingerprint density at radius 1 is 1.00 bits per heavy atom. The summed E-state index contributed by atoms with van der Waals surface area (Å²) in [6.45, 7) is 9.64. The molecule has 2 fully saturated rings. The van der Waals surface area contributed by atoms with Crippen LogP contribution in [0.3, 0.4) is 0 Å². The highest BCUT2D eigenvalue weighted by Crippen LogP contribution is 2.30. The highest BCUT2D eigenvalue weighted by Gasteiger charge is 2.38. The molecule has 0 unspecified atom stereocenters. The average Bonchev–Trinajstić information content (AvgIpc) is 3.13. The molecule has 2 aromatic carbocycles. The van der Waals surface area contributed by atoms with Crippen LogP contribution >= 0.6 is 11.6 Å². The molecule has 0 radical (unpaired) electrons. The summed E-state index contributed by atoms with van der Waals surface area (Å²) in [4.78, 5) is 31.7. The minimum absolute atomic E-state index is 0.0118. The van der Waals surface area contributed by atoms with Crippen LogP contribution in [-0.4, -0.2) is 49.4 Å². The molecule has 0 saturated carbocycles. The molecular weight excluding hydrogens is 398 g/mol. The lowest BCUT2D eigenvalue weighted by molar-refractivity contribution is -0.136. The van der Waals surface area contributed by atoms with Crippen LogP contribution in [0.1, 0.15) is 23.1 Å². The van der Waals surface area contributed by atoms with Gasteiger partial charge in [0.1, 0.15) is 0 Å². The zero-order valence-corrected chi connectivity index (χ0v) is 18.6. The Kier molecular flexibility index (Phi) is 5.74. The Labute approximate surface area is 183 Å². The lowest BCUT2D eigenvalue weighted by Crippen LogP contribution is -2.51. The van der Waals surface area contributed by atoms with Crippen LogP contribution in [-0.2, 0) is 9.59 Å². The van der Waals surface area contributed by atoms with E-state index < -0.39 is 0 Å². The van der Waals surface area contributed by atoms with Gasteiger partial charge < -0.3 is 14.7 Å². The summed E-state index contributed by atoms with van der Waals surface area (Å²) in [6, 6.07) is 12.0. The van der Waals surface area contributed by atoms with Gasteiger partial charge in [0, 0.05) is 55.5 Å². The predicted octanol–water partition coefficient (Wildman–Crippen LogP) is 3.97. The van der Waals surface area contributed by atoms with Gasteiger partial charge in [0.15, 0.2) is 0 Å². The SMILES string of the molecule is Cc1ccc(N2C[C@@H](C(=O)N3CCN(c4cccc(C)c4C)CC3)CC2=O)cc1Cl. The van der Waals surface area contributed by atoms with E-state index in [0.717, 1.165) is 24.3 Å². The number of piperazine rings is 1. The van der Waals surface area contributed by atoms with Gasteiger partial charge in [-0.25, -0.2) is 0 Å². The first-order chi connectivity index (χ1) is 14.3. The van der Waals surface area contributed by atoms with Gasteiger partial charge in [0.25, 0.3) is 0 Å². The van der Waals surface area contributed by atoms with E-state index in [2.05, 4.69) is 36.9 Å². The molecule has 2 aliphatic heterocycles. The molecule has 2 aliphatic rings. The summed E-state index contributed by atoms with van der Waals surface area (Å²) in [5.74, 6) is -0.211. The molecule has 158 valence electrons. The summed E-state index contributed by atoms with van der Waals surface area (Å²) in [5.41, 5.74) is 5.57. The highest BCUT2D eigenvalue weighted by molar-refractivity contribution is 6.31. The second-order valence-electron chi connectivity index (χ2n) is 8.37. The van der Waals surface area contributed by atoms with Crippen molar-refractivity contribution in [1.29, 1.82) is 0 Å². The number of hydrogen-bond donors (Lipinski definition) is 0. The largest absolute Gasteiger partial charge is 0.368 e. The number of benzene rings is 2. The first-order valence-electron chi connectivity index (χ1n) is 10.5. The van der Waals surface area contributed by atoms with E-state index in [-0.39, 0.29) is 24.2 Å². The van der Waals surface area contributed by atoms with E-state index in [1.54, 1.807) is 4.90 Å². The maximum atomic E-state index is 13.1. The minimum atomic E-state index is -0.287. The van der Waals surface area contributed by atoms with Crippen molar-refractivity contribution >= 4 is 34.8 Å². The summed E-state index contributed by atoms with van der Waals surface area (Å²) in [5, 5.41) is 0.637. The molecule has 1 atom stereocenters. The second-order valence-corrected chi connectivity index (χ2v) is 8.78. The van der Waals surface area contributed by atoms with Crippen molar-refractivity contribution in [3.05, 3.63) is 58.1 Å². The van der Waals surface area contributed by atoms with Crippen LogP contribution in [0.15, 0.2) is 36.4 Å². The molecule has 0 bridgehead atoms. The van der Waals surface area contributed by atoms with Crippen molar-refractivity contribution in [2.24, 2.45) is 5.92 Å². The molecule has 2 saturated heterocycles. The fraction of sp³-hybridized carbons (Fsp3) is 0.417. The van der Waals surface area contributed by atoms with Gasteiger partial charge in [-0.15, -0.1) is 0 Å². The third kappa shape index (κ3) is 3.91. The third-order valence-corrected chi connectivity index (χ3v) is 6.86.